The number of halogens is 3. The standard InChI is InChI=1S/C26H25F3N4O3S/c1-32(19-12-21(26(27,28)29)22(13-30)31-14-19)24(37)33(25(16-35)10-3-11-25)18-8-6-17(7-9-18)23-5-2-4-20(15-34)36-23/h5-9,12,14,16,20,34H,2-4,10-11,15H2,1H3. The molecule has 2 aliphatic rings. The van der Waals surface area contributed by atoms with Gasteiger partial charge in [0.2, 0.25) is 0 Å². The number of nitriles is 1. The molecule has 1 fully saturated rings. The fourth-order valence-electron chi connectivity index (χ4n) is 4.47. The van der Waals surface area contributed by atoms with E-state index in [1.807, 2.05) is 18.2 Å². The van der Waals surface area contributed by atoms with Crippen molar-refractivity contribution in [3.8, 4) is 6.07 Å². The van der Waals surface area contributed by atoms with Crippen LogP contribution in [-0.2, 0) is 15.7 Å². The number of aromatic nitrogens is 1. The smallest absolute Gasteiger partial charge is 0.419 e. The molecule has 0 spiro atoms. The van der Waals surface area contributed by atoms with E-state index in [9.17, 15) is 23.1 Å². The molecule has 2 aromatic rings. The summed E-state index contributed by atoms with van der Waals surface area (Å²) in [5, 5.41) is 18.6. The van der Waals surface area contributed by atoms with E-state index in [1.54, 1.807) is 17.0 Å². The quantitative estimate of drug-likeness (QED) is 0.420. The van der Waals surface area contributed by atoms with Crippen molar-refractivity contribution in [3.05, 3.63) is 59.4 Å². The molecule has 1 N–H and O–H groups in total. The number of aliphatic hydroxyl groups excluding tert-OH is 1. The van der Waals surface area contributed by atoms with E-state index >= 15 is 0 Å². The van der Waals surface area contributed by atoms with Crippen molar-refractivity contribution in [2.24, 2.45) is 0 Å². The first-order valence-electron chi connectivity index (χ1n) is 11.7. The third-order valence-corrected chi connectivity index (χ3v) is 7.22. The number of carbonyl (C=O) groups is 1. The fraction of sp³-hybridized carbons (Fsp3) is 0.385. The third kappa shape index (κ3) is 5.17. The molecule has 0 radical (unpaired) electrons. The van der Waals surface area contributed by atoms with Crippen molar-refractivity contribution in [1.29, 1.82) is 5.26 Å². The molecule has 1 unspecified atom stereocenters. The number of ether oxygens (including phenoxy) is 1. The predicted molar refractivity (Wildman–Crippen MR) is 136 cm³/mol. The molecule has 194 valence electrons. The molecule has 0 amide bonds. The minimum Gasteiger partial charge on any atom is -0.488 e. The second-order valence-corrected chi connectivity index (χ2v) is 9.43. The zero-order chi connectivity index (χ0) is 26.8. The number of hydrogen-bond donors (Lipinski definition) is 1. The number of allylic oxidation sites excluding steroid dienone is 1. The molecule has 1 saturated carbocycles. The van der Waals surface area contributed by atoms with Crippen molar-refractivity contribution in [3.63, 3.8) is 0 Å². The van der Waals surface area contributed by atoms with E-state index in [1.165, 1.54) is 18.0 Å². The highest BCUT2D eigenvalue weighted by Crippen LogP contribution is 2.41. The van der Waals surface area contributed by atoms with Gasteiger partial charge in [0.25, 0.3) is 0 Å². The first kappa shape index (κ1) is 26.6. The highest BCUT2D eigenvalue weighted by Gasteiger charge is 2.45. The largest absolute Gasteiger partial charge is 0.488 e. The SMILES string of the molecule is CN(C(=S)N(c1ccc(C2=CCCC(CO)O2)cc1)C1(C=O)CCC1)c1cnc(C#N)c(C(F)(F)F)c1. The van der Waals surface area contributed by atoms with E-state index < -0.39 is 23.0 Å². The molecular weight excluding hydrogens is 505 g/mol. The minimum absolute atomic E-state index is 0.0362. The fourth-order valence-corrected chi connectivity index (χ4v) is 4.86. The van der Waals surface area contributed by atoms with Crippen LogP contribution in [0.15, 0.2) is 42.6 Å². The highest BCUT2D eigenvalue weighted by atomic mass is 32.1. The lowest BCUT2D eigenvalue weighted by Gasteiger charge is -2.48. The van der Waals surface area contributed by atoms with Crippen LogP contribution in [0.2, 0.25) is 0 Å². The van der Waals surface area contributed by atoms with Crippen LogP contribution >= 0.6 is 12.2 Å². The predicted octanol–water partition coefficient (Wildman–Crippen LogP) is 4.83. The van der Waals surface area contributed by atoms with Gasteiger partial charge in [-0.2, -0.15) is 18.4 Å². The van der Waals surface area contributed by atoms with Gasteiger partial charge < -0.3 is 24.4 Å². The van der Waals surface area contributed by atoms with Gasteiger partial charge in [-0.15, -0.1) is 0 Å². The number of pyridine rings is 1. The molecule has 0 bridgehead atoms. The number of carbonyl (C=O) groups excluding carboxylic acids is 1. The minimum atomic E-state index is -4.77. The van der Waals surface area contributed by atoms with Gasteiger partial charge in [0.1, 0.15) is 29.8 Å². The molecule has 4 rings (SSSR count). The highest BCUT2D eigenvalue weighted by molar-refractivity contribution is 7.80. The van der Waals surface area contributed by atoms with Crippen LogP contribution in [0, 0.1) is 11.3 Å². The normalized spacial score (nSPS) is 18.5. The lowest BCUT2D eigenvalue weighted by Crippen LogP contribution is -2.60. The summed E-state index contributed by atoms with van der Waals surface area (Å²) in [6.07, 6.45) is 2.29. The first-order valence-corrected chi connectivity index (χ1v) is 12.1. The molecule has 1 aromatic carbocycles. The summed E-state index contributed by atoms with van der Waals surface area (Å²) >= 11 is 5.72. The van der Waals surface area contributed by atoms with Crippen LogP contribution in [0.25, 0.3) is 5.76 Å². The molecule has 11 heteroatoms. The summed E-state index contributed by atoms with van der Waals surface area (Å²) in [6.45, 7) is -0.0775. The number of benzene rings is 1. The van der Waals surface area contributed by atoms with Crippen LogP contribution in [0.5, 0.6) is 0 Å². The lowest BCUT2D eigenvalue weighted by molar-refractivity contribution is -0.138. The maximum absolute atomic E-state index is 13.5. The van der Waals surface area contributed by atoms with E-state index in [0.717, 1.165) is 43.4 Å². The van der Waals surface area contributed by atoms with Gasteiger partial charge in [-0.1, -0.05) is 0 Å². The molecular formula is C26H25F3N4O3S. The summed E-state index contributed by atoms with van der Waals surface area (Å²) < 4.78 is 46.4. The van der Waals surface area contributed by atoms with Gasteiger partial charge in [0.15, 0.2) is 10.8 Å². The Bertz CT molecular complexity index is 1250. The molecule has 1 aromatic heterocycles. The number of rotatable bonds is 6. The number of hydrogen-bond acceptors (Lipinski definition) is 6. The maximum atomic E-state index is 13.5. The lowest BCUT2D eigenvalue weighted by atomic mass is 9.76. The number of nitrogens with zero attached hydrogens (tertiary/aromatic N) is 4. The van der Waals surface area contributed by atoms with Crippen molar-refractivity contribution in [2.45, 2.75) is 49.9 Å². The average molecular weight is 531 g/mol. The van der Waals surface area contributed by atoms with E-state index in [0.29, 0.717) is 24.3 Å². The van der Waals surface area contributed by atoms with Gasteiger partial charge in [0, 0.05) is 18.3 Å². The van der Waals surface area contributed by atoms with Crippen molar-refractivity contribution in [2.75, 3.05) is 23.5 Å². The van der Waals surface area contributed by atoms with Crippen molar-refractivity contribution in [1.82, 2.24) is 4.98 Å². The second kappa shape index (κ2) is 10.5. The van der Waals surface area contributed by atoms with Crippen molar-refractivity contribution < 1.29 is 27.8 Å². The van der Waals surface area contributed by atoms with Crippen LogP contribution < -0.4 is 9.80 Å². The Morgan fingerprint density at radius 2 is 2.03 bits per heavy atom. The summed E-state index contributed by atoms with van der Waals surface area (Å²) in [4.78, 5) is 19.0. The Hall–Kier alpha value is -3.49. The number of aliphatic hydroxyl groups is 1. The topological polar surface area (TPSA) is 89.7 Å². The summed E-state index contributed by atoms with van der Waals surface area (Å²) in [6, 6.07) is 9.50. The number of aldehydes is 1. The van der Waals surface area contributed by atoms with Crippen LogP contribution in [0.3, 0.4) is 0 Å². The molecule has 1 atom stereocenters. The zero-order valence-electron chi connectivity index (χ0n) is 20.0. The molecule has 2 heterocycles. The molecule has 7 nitrogen and oxygen atoms in total. The summed E-state index contributed by atoms with van der Waals surface area (Å²) in [5.74, 6) is 0.653. The van der Waals surface area contributed by atoms with Gasteiger partial charge in [-0.3, -0.25) is 0 Å². The molecule has 1 aliphatic heterocycles. The average Bonchev–Trinajstić information content (AvgIpc) is 2.89. The van der Waals surface area contributed by atoms with Gasteiger partial charge in [-0.05, 0) is 80.7 Å². The monoisotopic (exact) mass is 530 g/mol. The van der Waals surface area contributed by atoms with Gasteiger partial charge in [-0.25, -0.2) is 4.98 Å². The number of anilines is 2. The Morgan fingerprint density at radius 1 is 1.32 bits per heavy atom. The molecule has 0 saturated heterocycles. The Labute approximate surface area is 217 Å². The Morgan fingerprint density at radius 3 is 2.57 bits per heavy atom. The Kier molecular flexibility index (Phi) is 7.52. The van der Waals surface area contributed by atoms with Crippen LogP contribution in [0.4, 0.5) is 24.5 Å². The van der Waals surface area contributed by atoms with E-state index in [4.69, 9.17) is 22.2 Å². The maximum Gasteiger partial charge on any atom is 0.419 e. The van der Waals surface area contributed by atoms with Gasteiger partial charge in [0.05, 0.1) is 24.1 Å². The van der Waals surface area contributed by atoms with Crippen molar-refractivity contribution >= 4 is 40.8 Å². The molecule has 1 aliphatic carbocycles. The number of thiocarbonyl (C=S) groups is 1. The summed E-state index contributed by atoms with van der Waals surface area (Å²) in [7, 11) is 1.50. The molecule has 37 heavy (non-hydrogen) atoms. The zero-order valence-corrected chi connectivity index (χ0v) is 20.8. The van der Waals surface area contributed by atoms with E-state index in [-0.39, 0.29) is 23.5 Å². The van der Waals surface area contributed by atoms with Crippen LogP contribution in [0.1, 0.15) is 48.9 Å². The number of alkyl halides is 3. The first-order chi connectivity index (χ1) is 17.6. The van der Waals surface area contributed by atoms with E-state index in [2.05, 4.69) is 4.98 Å². The van der Waals surface area contributed by atoms with Gasteiger partial charge >= 0.3 is 6.18 Å². The second-order valence-electron chi connectivity index (χ2n) is 9.07. The third-order valence-electron chi connectivity index (χ3n) is 6.76. The summed E-state index contributed by atoms with van der Waals surface area (Å²) in [5.41, 5.74) is -1.39. The van der Waals surface area contributed by atoms with Crippen LogP contribution in [-0.4, -0.2) is 46.8 Å². The Balaban J connectivity index is 1.68.